The molecule has 0 aliphatic heterocycles. The molecule has 0 fully saturated rings. The van der Waals surface area contributed by atoms with Crippen LogP contribution in [0.4, 0.5) is 5.82 Å². The van der Waals surface area contributed by atoms with Crippen LogP contribution in [0.1, 0.15) is 45.0 Å². The second-order valence-electron chi connectivity index (χ2n) is 9.25. The first-order valence-corrected chi connectivity index (χ1v) is 13.3. The quantitative estimate of drug-likeness (QED) is 0.208. The van der Waals surface area contributed by atoms with Gasteiger partial charge in [-0.15, -0.1) is 0 Å². The molecule has 9 heteroatoms. The zero-order valence-corrected chi connectivity index (χ0v) is 22.4. The highest BCUT2D eigenvalue weighted by Gasteiger charge is 2.18. The van der Waals surface area contributed by atoms with Gasteiger partial charge in [0.05, 0.1) is 30.3 Å². The molecule has 0 spiro atoms. The maximum Gasteiger partial charge on any atom is 0.255 e. The lowest BCUT2D eigenvalue weighted by atomic mass is 10.0. The third-order valence-electron chi connectivity index (χ3n) is 5.52. The fourth-order valence-electron chi connectivity index (χ4n) is 3.92. The van der Waals surface area contributed by atoms with E-state index < -0.39 is 0 Å². The fourth-order valence-corrected chi connectivity index (χ4v) is 4.63. The monoisotopic (exact) mass is 506 g/mol. The molecule has 0 unspecified atom stereocenters. The summed E-state index contributed by atoms with van der Waals surface area (Å²) in [5.74, 6) is 1.69. The number of anilines is 1. The molecular weight excluding hydrogens is 472 g/mol. The summed E-state index contributed by atoms with van der Waals surface area (Å²) in [6.07, 6.45) is 1.79. The van der Waals surface area contributed by atoms with Crippen LogP contribution in [-0.2, 0) is 6.54 Å². The maximum atomic E-state index is 13.3. The first-order valence-electron chi connectivity index (χ1n) is 12.4. The average molecular weight is 507 g/mol. The standard InChI is InChI=1S/C27H34N6O2S/c1-6-35-22-12-11-19-9-7-8-10-20(19)23(22)26(34)28-13-14-33-25-21(16-30-33)24(29-15-17(2)3)31-27(32-25)36-18(4)5/h7-12,16-18H,6,13-15H2,1-5H3,(H,28,34)(H,29,31,32). The Kier molecular flexibility index (Phi) is 8.30. The number of nitrogens with zero attached hydrogens (tertiary/aromatic N) is 4. The van der Waals surface area contributed by atoms with Crippen molar-refractivity contribution >= 4 is 45.3 Å². The molecule has 4 aromatic rings. The van der Waals surface area contributed by atoms with Gasteiger partial charge in [-0.2, -0.15) is 5.10 Å². The van der Waals surface area contributed by atoms with Crippen molar-refractivity contribution in [3.8, 4) is 5.75 Å². The van der Waals surface area contributed by atoms with Gasteiger partial charge in [-0.3, -0.25) is 4.79 Å². The molecule has 0 saturated heterocycles. The number of hydrogen-bond donors (Lipinski definition) is 2. The van der Waals surface area contributed by atoms with Crippen LogP contribution in [0.3, 0.4) is 0 Å². The van der Waals surface area contributed by atoms with Crippen LogP contribution in [-0.4, -0.2) is 50.6 Å². The van der Waals surface area contributed by atoms with Crippen LogP contribution >= 0.6 is 11.8 Å². The van der Waals surface area contributed by atoms with Gasteiger partial charge in [0.15, 0.2) is 10.8 Å². The van der Waals surface area contributed by atoms with Gasteiger partial charge in [0.2, 0.25) is 0 Å². The number of rotatable bonds is 11. The number of hydrogen-bond acceptors (Lipinski definition) is 7. The SMILES string of the molecule is CCOc1ccc2ccccc2c1C(=O)NCCn1ncc2c(NCC(C)C)nc(SC(C)C)nc21. The van der Waals surface area contributed by atoms with E-state index in [0.29, 0.717) is 47.3 Å². The van der Waals surface area contributed by atoms with Crippen LogP contribution < -0.4 is 15.4 Å². The van der Waals surface area contributed by atoms with Crippen LogP contribution in [0.25, 0.3) is 21.8 Å². The number of aromatic nitrogens is 4. The minimum Gasteiger partial charge on any atom is -0.493 e. The maximum absolute atomic E-state index is 13.3. The van der Waals surface area contributed by atoms with E-state index in [-0.39, 0.29) is 5.91 Å². The summed E-state index contributed by atoms with van der Waals surface area (Å²) in [6.45, 7) is 12.7. The Labute approximate surface area is 216 Å². The van der Waals surface area contributed by atoms with Crippen LogP contribution in [0.5, 0.6) is 5.75 Å². The first-order chi connectivity index (χ1) is 17.4. The molecule has 2 N–H and O–H groups in total. The van der Waals surface area contributed by atoms with Gasteiger partial charge >= 0.3 is 0 Å². The number of carbonyl (C=O) groups excluding carboxylic acids is 1. The van der Waals surface area contributed by atoms with Crippen molar-refractivity contribution in [2.75, 3.05) is 25.0 Å². The molecule has 0 aliphatic rings. The molecule has 2 aromatic heterocycles. The van der Waals surface area contributed by atoms with Crippen LogP contribution in [0.15, 0.2) is 47.8 Å². The molecular formula is C27H34N6O2S. The van der Waals surface area contributed by atoms with Crippen molar-refractivity contribution < 1.29 is 9.53 Å². The molecule has 0 aliphatic carbocycles. The number of amides is 1. The second kappa shape index (κ2) is 11.6. The highest BCUT2D eigenvalue weighted by Crippen LogP contribution is 2.29. The third kappa shape index (κ3) is 5.90. The second-order valence-corrected chi connectivity index (χ2v) is 10.8. The van der Waals surface area contributed by atoms with E-state index in [9.17, 15) is 4.79 Å². The summed E-state index contributed by atoms with van der Waals surface area (Å²) < 4.78 is 7.60. The van der Waals surface area contributed by atoms with Gasteiger partial charge in [-0.05, 0) is 29.7 Å². The summed E-state index contributed by atoms with van der Waals surface area (Å²) >= 11 is 1.62. The molecule has 190 valence electrons. The molecule has 36 heavy (non-hydrogen) atoms. The molecule has 8 nitrogen and oxygen atoms in total. The summed E-state index contributed by atoms with van der Waals surface area (Å²) in [6, 6.07) is 11.7. The highest BCUT2D eigenvalue weighted by molar-refractivity contribution is 7.99. The molecule has 2 heterocycles. The Morgan fingerprint density at radius 3 is 2.64 bits per heavy atom. The highest BCUT2D eigenvalue weighted by atomic mass is 32.2. The molecule has 2 aromatic carbocycles. The van der Waals surface area contributed by atoms with E-state index in [1.165, 1.54) is 0 Å². The van der Waals surface area contributed by atoms with Gasteiger partial charge in [-0.1, -0.05) is 69.8 Å². The number of benzene rings is 2. The van der Waals surface area contributed by atoms with Gasteiger partial charge in [0.1, 0.15) is 11.6 Å². The summed E-state index contributed by atoms with van der Waals surface area (Å²) in [5.41, 5.74) is 1.31. The Bertz CT molecular complexity index is 1350. The van der Waals surface area contributed by atoms with E-state index in [1.54, 1.807) is 18.0 Å². The van der Waals surface area contributed by atoms with E-state index in [0.717, 1.165) is 34.2 Å². The van der Waals surface area contributed by atoms with E-state index in [2.05, 4.69) is 43.4 Å². The number of thioether (sulfide) groups is 1. The summed E-state index contributed by atoms with van der Waals surface area (Å²) in [5, 5.41) is 14.9. The zero-order chi connectivity index (χ0) is 25.7. The molecule has 4 rings (SSSR count). The Morgan fingerprint density at radius 2 is 1.89 bits per heavy atom. The molecule has 1 amide bonds. The van der Waals surface area contributed by atoms with E-state index in [4.69, 9.17) is 14.7 Å². The average Bonchev–Trinajstić information content (AvgIpc) is 3.25. The number of fused-ring (bicyclic) bond motifs is 2. The minimum absolute atomic E-state index is 0.170. The third-order valence-corrected chi connectivity index (χ3v) is 6.39. The van der Waals surface area contributed by atoms with Crippen LogP contribution in [0, 0.1) is 5.92 Å². The molecule has 0 radical (unpaired) electrons. The Balaban J connectivity index is 1.55. The normalized spacial score (nSPS) is 11.5. The predicted molar refractivity (Wildman–Crippen MR) is 147 cm³/mol. The number of ether oxygens (including phenoxy) is 1. The lowest BCUT2D eigenvalue weighted by molar-refractivity contribution is 0.0950. The minimum atomic E-state index is -0.170. The van der Waals surface area contributed by atoms with Crippen molar-refractivity contribution in [1.82, 2.24) is 25.1 Å². The summed E-state index contributed by atoms with van der Waals surface area (Å²) in [4.78, 5) is 22.8. The molecule has 0 bridgehead atoms. The van der Waals surface area contributed by atoms with Gasteiger partial charge in [0, 0.05) is 18.3 Å². The first kappa shape index (κ1) is 25.8. The van der Waals surface area contributed by atoms with Gasteiger partial charge in [0.25, 0.3) is 5.91 Å². The predicted octanol–water partition coefficient (Wildman–Crippen LogP) is 5.38. The smallest absolute Gasteiger partial charge is 0.255 e. The largest absolute Gasteiger partial charge is 0.493 e. The van der Waals surface area contributed by atoms with Gasteiger partial charge in [-0.25, -0.2) is 14.6 Å². The van der Waals surface area contributed by atoms with Crippen molar-refractivity contribution in [2.24, 2.45) is 5.92 Å². The van der Waals surface area contributed by atoms with E-state index in [1.807, 2.05) is 48.0 Å². The Morgan fingerprint density at radius 1 is 1.08 bits per heavy atom. The van der Waals surface area contributed by atoms with Crippen molar-refractivity contribution in [3.05, 3.63) is 48.2 Å². The lowest BCUT2D eigenvalue weighted by Crippen LogP contribution is -2.28. The molecule has 0 saturated carbocycles. The number of carbonyl (C=O) groups is 1. The Hall–Kier alpha value is -3.33. The van der Waals surface area contributed by atoms with Gasteiger partial charge < -0.3 is 15.4 Å². The van der Waals surface area contributed by atoms with Crippen molar-refractivity contribution in [1.29, 1.82) is 0 Å². The fraction of sp³-hybridized carbons (Fsp3) is 0.407. The van der Waals surface area contributed by atoms with Crippen LogP contribution in [0.2, 0.25) is 0 Å². The number of nitrogens with one attached hydrogen (secondary N) is 2. The summed E-state index contributed by atoms with van der Waals surface area (Å²) in [7, 11) is 0. The molecule has 0 atom stereocenters. The zero-order valence-electron chi connectivity index (χ0n) is 21.5. The van der Waals surface area contributed by atoms with Crippen molar-refractivity contribution in [2.45, 2.75) is 51.6 Å². The van der Waals surface area contributed by atoms with Crippen molar-refractivity contribution in [3.63, 3.8) is 0 Å². The lowest BCUT2D eigenvalue weighted by Gasteiger charge is -2.14. The van der Waals surface area contributed by atoms with E-state index >= 15 is 0 Å². The topological polar surface area (TPSA) is 94.0 Å².